The van der Waals surface area contributed by atoms with Crippen LogP contribution in [0, 0.1) is 0 Å². The first-order valence-electron chi connectivity index (χ1n) is 12.8. The lowest BCUT2D eigenvalue weighted by Gasteiger charge is -2.21. The Balaban J connectivity index is -0.000000237. The maximum atomic E-state index is 11.3. The van der Waals surface area contributed by atoms with Crippen molar-refractivity contribution in [3.8, 4) is 0 Å². The minimum absolute atomic E-state index is 0.0841. The molecule has 40 heavy (non-hydrogen) atoms. The van der Waals surface area contributed by atoms with Crippen molar-refractivity contribution >= 4 is 42.0 Å². The molecule has 244 valence electrons. The number of halogens is 1. The standard InChI is InChI=1S/C9H19NO5S.C8H17NO3.C6H15N.CH3ClO2S/c1-7(6-14-16(5,12)13)10-8(11)15-9(2,3)4;1-6(5-10)9-7(11)12-8(2,3)4;1-4-7(5-2)6-3;1-5(2,3)4/h7H,6H2,1-5H3,(H,10,11);6,10H,5H2,1-4H3,(H,9,11);4-6H2,1-3H3;1H3/t7-;6-;;/m00../s1. The summed E-state index contributed by atoms with van der Waals surface area (Å²) in [5, 5.41) is 13.5. The van der Waals surface area contributed by atoms with Gasteiger partial charge in [-0.15, -0.1) is 0 Å². The number of alkyl carbamates (subject to hydrolysis) is 2. The summed E-state index contributed by atoms with van der Waals surface area (Å²) in [6, 6.07) is -0.704. The van der Waals surface area contributed by atoms with Gasteiger partial charge in [0.2, 0.25) is 9.05 Å². The number of aliphatic hydroxyl groups excluding tert-OH is 1. The Kier molecular flexibility index (Phi) is 25.3. The van der Waals surface area contributed by atoms with E-state index in [1.165, 1.54) is 19.6 Å². The van der Waals surface area contributed by atoms with Gasteiger partial charge in [0.25, 0.3) is 10.1 Å². The molecule has 0 saturated carbocycles. The molecule has 0 unspecified atom stereocenters. The highest BCUT2D eigenvalue weighted by Crippen LogP contribution is 2.07. The second-order valence-electron chi connectivity index (χ2n) is 10.6. The molecule has 0 bridgehead atoms. The number of nitrogens with one attached hydrogen (secondary N) is 2. The van der Waals surface area contributed by atoms with Crippen LogP contribution in [0.5, 0.6) is 0 Å². The van der Waals surface area contributed by atoms with Crippen LogP contribution in [-0.2, 0) is 32.8 Å². The number of carbonyl (C=O) groups excluding carboxylic acids is 2. The predicted molar refractivity (Wildman–Crippen MR) is 160 cm³/mol. The third-order valence-electron chi connectivity index (χ3n) is 3.67. The maximum absolute atomic E-state index is 11.3. The van der Waals surface area contributed by atoms with Gasteiger partial charge in [-0.1, -0.05) is 20.8 Å². The lowest BCUT2D eigenvalue weighted by Crippen LogP contribution is -2.40. The van der Waals surface area contributed by atoms with Gasteiger partial charge in [0.05, 0.1) is 37.8 Å². The molecule has 0 radical (unpaired) electrons. The largest absolute Gasteiger partial charge is 0.444 e. The molecular formula is C24H54ClN3O10S2. The number of amides is 2. The van der Waals surface area contributed by atoms with Crippen LogP contribution in [0.15, 0.2) is 0 Å². The highest BCUT2D eigenvalue weighted by Gasteiger charge is 2.18. The number of aliphatic hydroxyl groups is 1. The van der Waals surface area contributed by atoms with Crippen LogP contribution in [0.1, 0.15) is 76.2 Å². The minimum atomic E-state index is -3.48. The number of ether oxygens (including phenoxy) is 2. The molecule has 0 aliphatic heterocycles. The van der Waals surface area contributed by atoms with E-state index in [0.717, 1.165) is 12.5 Å². The summed E-state index contributed by atoms with van der Waals surface area (Å²) in [7, 11) is -2.17. The first-order valence-corrected chi connectivity index (χ1v) is 17.3. The summed E-state index contributed by atoms with van der Waals surface area (Å²) in [5.74, 6) is 0. The van der Waals surface area contributed by atoms with Gasteiger partial charge in [0.1, 0.15) is 11.2 Å². The molecule has 0 aromatic heterocycles. The Morgan fingerprint density at radius 2 is 1.10 bits per heavy atom. The summed E-state index contributed by atoms with van der Waals surface area (Å²) in [6.07, 6.45) is 0.781. The third-order valence-corrected chi connectivity index (χ3v) is 4.24. The number of hydrogen-bond acceptors (Lipinski definition) is 11. The Hall–Kier alpha value is -1.39. The zero-order valence-electron chi connectivity index (χ0n) is 26.5. The van der Waals surface area contributed by atoms with E-state index in [2.05, 4.69) is 51.2 Å². The van der Waals surface area contributed by atoms with Gasteiger partial charge in [-0.2, -0.15) is 8.42 Å². The molecule has 0 aliphatic rings. The molecule has 2 atom stereocenters. The molecular weight excluding hydrogens is 590 g/mol. The van der Waals surface area contributed by atoms with Crippen LogP contribution in [0.3, 0.4) is 0 Å². The summed E-state index contributed by atoms with van der Waals surface area (Å²) in [5.41, 5.74) is -1.07. The SMILES string of the molecule is CCN(CC)CC.CS(=O)(=O)Cl.C[C@@H](CO)NC(=O)OC(C)(C)C.C[C@@H](COS(C)(=O)=O)NC(=O)OC(C)(C)C. The molecule has 0 rings (SSSR count). The first kappa shape index (κ1) is 45.6. The van der Waals surface area contributed by atoms with Crippen molar-refractivity contribution in [2.45, 2.75) is 99.4 Å². The minimum Gasteiger partial charge on any atom is -0.444 e. The quantitative estimate of drug-likeness (QED) is 0.248. The van der Waals surface area contributed by atoms with Crippen molar-refractivity contribution in [3.63, 3.8) is 0 Å². The summed E-state index contributed by atoms with van der Waals surface area (Å²) >= 11 is 0. The van der Waals surface area contributed by atoms with Gasteiger partial charge in [-0.25, -0.2) is 18.0 Å². The van der Waals surface area contributed by atoms with Crippen molar-refractivity contribution in [3.05, 3.63) is 0 Å². The highest BCUT2D eigenvalue weighted by atomic mass is 35.7. The van der Waals surface area contributed by atoms with Crippen molar-refractivity contribution < 1.29 is 45.2 Å². The molecule has 0 saturated heterocycles. The molecule has 0 aliphatic carbocycles. The fraction of sp³-hybridized carbons (Fsp3) is 0.917. The fourth-order valence-electron chi connectivity index (χ4n) is 2.00. The van der Waals surface area contributed by atoms with Crippen LogP contribution in [0.2, 0.25) is 0 Å². The van der Waals surface area contributed by atoms with E-state index in [4.69, 9.17) is 14.6 Å². The lowest BCUT2D eigenvalue weighted by atomic mass is 10.2. The maximum Gasteiger partial charge on any atom is 0.407 e. The molecule has 0 heterocycles. The normalized spacial score (nSPS) is 13.1. The van der Waals surface area contributed by atoms with E-state index in [0.29, 0.717) is 0 Å². The van der Waals surface area contributed by atoms with Crippen molar-refractivity contribution in [2.75, 3.05) is 45.4 Å². The van der Waals surface area contributed by atoms with Crippen molar-refractivity contribution in [2.24, 2.45) is 0 Å². The van der Waals surface area contributed by atoms with E-state index in [9.17, 15) is 26.4 Å². The second kappa shape index (κ2) is 22.2. The molecule has 13 nitrogen and oxygen atoms in total. The molecule has 2 amide bonds. The number of hydrogen-bond donors (Lipinski definition) is 3. The van der Waals surface area contributed by atoms with Crippen LogP contribution in [0.25, 0.3) is 0 Å². The van der Waals surface area contributed by atoms with Gasteiger partial charge in [0, 0.05) is 10.7 Å². The Labute approximate surface area is 247 Å². The van der Waals surface area contributed by atoms with Crippen molar-refractivity contribution in [1.82, 2.24) is 15.5 Å². The fourth-order valence-corrected chi connectivity index (χ4v) is 2.45. The molecule has 0 aromatic rings. The molecule has 3 N–H and O–H groups in total. The van der Waals surface area contributed by atoms with Gasteiger partial charge in [-0.3, -0.25) is 4.18 Å². The van der Waals surface area contributed by atoms with Gasteiger partial charge in [-0.05, 0) is 75.0 Å². The summed E-state index contributed by atoms with van der Waals surface area (Å²) < 4.78 is 54.6. The van der Waals surface area contributed by atoms with E-state index < -0.39 is 48.6 Å². The lowest BCUT2D eigenvalue weighted by molar-refractivity contribution is 0.0481. The van der Waals surface area contributed by atoms with E-state index in [1.54, 1.807) is 55.4 Å². The topological polar surface area (TPSA) is 178 Å². The Morgan fingerprint density at radius 3 is 1.30 bits per heavy atom. The first-order chi connectivity index (χ1) is 17.7. The summed E-state index contributed by atoms with van der Waals surface area (Å²) in [4.78, 5) is 24.6. The number of rotatable bonds is 9. The average Bonchev–Trinajstić information content (AvgIpc) is 2.70. The van der Waals surface area contributed by atoms with Gasteiger partial charge >= 0.3 is 12.2 Å². The van der Waals surface area contributed by atoms with E-state index in [-0.39, 0.29) is 19.3 Å². The molecule has 0 aromatic carbocycles. The van der Waals surface area contributed by atoms with Gasteiger partial charge < -0.3 is 30.1 Å². The van der Waals surface area contributed by atoms with Crippen LogP contribution < -0.4 is 10.6 Å². The highest BCUT2D eigenvalue weighted by molar-refractivity contribution is 8.13. The van der Waals surface area contributed by atoms with Gasteiger partial charge in [0.15, 0.2) is 0 Å². The molecule has 0 fully saturated rings. The second-order valence-corrected chi connectivity index (χ2v) is 15.3. The molecule has 0 spiro atoms. The van der Waals surface area contributed by atoms with Crippen molar-refractivity contribution in [1.29, 1.82) is 0 Å². The smallest absolute Gasteiger partial charge is 0.407 e. The predicted octanol–water partition coefficient (Wildman–Crippen LogP) is 3.30. The molecule has 16 heteroatoms. The zero-order chi connectivity index (χ0) is 33.0. The summed E-state index contributed by atoms with van der Waals surface area (Å²) in [6.45, 7) is 23.8. The van der Waals surface area contributed by atoms with E-state index in [1.807, 2.05) is 0 Å². The van der Waals surface area contributed by atoms with Crippen LogP contribution >= 0.6 is 10.7 Å². The van der Waals surface area contributed by atoms with E-state index >= 15 is 0 Å². The zero-order valence-corrected chi connectivity index (χ0v) is 28.8. The van der Waals surface area contributed by atoms with Crippen LogP contribution in [-0.4, -0.2) is 108 Å². The Bertz CT molecular complexity index is 870. The monoisotopic (exact) mass is 643 g/mol. The van der Waals surface area contributed by atoms with Crippen LogP contribution in [0.4, 0.5) is 9.59 Å². The third kappa shape index (κ3) is 49.5. The number of nitrogens with zero attached hydrogens (tertiary/aromatic N) is 1. The number of carbonyl (C=O) groups is 2. The Morgan fingerprint density at radius 1 is 0.800 bits per heavy atom. The average molecular weight is 644 g/mol.